The van der Waals surface area contributed by atoms with Gasteiger partial charge in [-0.15, -0.1) is 0 Å². The minimum Gasteiger partial charge on any atom is -0.482 e. The molecule has 0 aromatic heterocycles. The third-order valence-corrected chi connectivity index (χ3v) is 7.18. The zero-order valence-electron chi connectivity index (χ0n) is 18.8. The van der Waals surface area contributed by atoms with Crippen molar-refractivity contribution in [2.75, 3.05) is 13.2 Å². The molecule has 0 aliphatic carbocycles. The molecule has 3 aromatic carbocycles. The molecule has 1 unspecified atom stereocenters. The van der Waals surface area contributed by atoms with Crippen LogP contribution in [0.5, 0.6) is 5.75 Å². The highest BCUT2D eigenvalue weighted by Crippen LogP contribution is 2.41. The molecular formula is C27H24Cl3NO4. The van der Waals surface area contributed by atoms with Crippen LogP contribution >= 0.6 is 34.8 Å². The molecule has 1 heterocycles. The van der Waals surface area contributed by atoms with Crippen LogP contribution in [0.3, 0.4) is 0 Å². The van der Waals surface area contributed by atoms with Crippen LogP contribution in [0.4, 0.5) is 0 Å². The number of hydrogen-bond acceptors (Lipinski definition) is 3. The van der Waals surface area contributed by atoms with E-state index in [1.54, 1.807) is 24.3 Å². The van der Waals surface area contributed by atoms with Crippen molar-refractivity contribution in [2.45, 2.75) is 31.7 Å². The van der Waals surface area contributed by atoms with E-state index in [-0.39, 0.29) is 5.91 Å². The summed E-state index contributed by atoms with van der Waals surface area (Å²) in [6, 6.07) is 18.1. The Labute approximate surface area is 219 Å². The number of halogens is 3. The molecule has 1 aliphatic rings. The summed E-state index contributed by atoms with van der Waals surface area (Å²) in [5.74, 6) is -0.698. The van der Waals surface area contributed by atoms with Crippen LogP contribution in [0.25, 0.3) is 0 Å². The molecule has 8 heteroatoms. The van der Waals surface area contributed by atoms with Gasteiger partial charge in [-0.05, 0) is 60.2 Å². The van der Waals surface area contributed by atoms with Crippen molar-refractivity contribution in [1.29, 1.82) is 0 Å². The van der Waals surface area contributed by atoms with Crippen LogP contribution in [0.1, 0.15) is 41.1 Å². The Balaban J connectivity index is 1.62. The number of carboxylic acid groups (broad SMARTS) is 1. The number of aryl methyl sites for hydroxylation is 1. The lowest BCUT2D eigenvalue weighted by Gasteiger charge is -2.38. The number of carboxylic acids is 1. The van der Waals surface area contributed by atoms with Crippen molar-refractivity contribution < 1.29 is 19.4 Å². The second kappa shape index (κ2) is 11.3. The number of amides is 1. The standard InChI is InChI=1S/C27H24Cl3NO4/c28-19-11-12-23(35-16-25(33)34)21(15-19)27-20-8-2-1-5-17(20)13-14-31(27)24(32)10-4-7-18-6-3-9-22(29)26(18)30/h1-3,5-6,8-9,11-12,15,27H,4,7,10,13-14,16H2,(H,33,34). The molecular weight excluding hydrogens is 509 g/mol. The minimum absolute atomic E-state index is 0.00758. The maximum atomic E-state index is 13.5. The van der Waals surface area contributed by atoms with E-state index in [0.29, 0.717) is 52.2 Å². The van der Waals surface area contributed by atoms with Gasteiger partial charge in [0.25, 0.3) is 0 Å². The number of carbonyl (C=O) groups excluding carboxylic acids is 1. The van der Waals surface area contributed by atoms with E-state index in [4.69, 9.17) is 44.6 Å². The van der Waals surface area contributed by atoms with Crippen molar-refractivity contribution in [2.24, 2.45) is 0 Å². The highest BCUT2D eigenvalue weighted by Gasteiger charge is 2.33. The predicted octanol–water partition coefficient (Wildman–Crippen LogP) is 6.61. The van der Waals surface area contributed by atoms with Crippen molar-refractivity contribution in [3.63, 3.8) is 0 Å². The first-order valence-corrected chi connectivity index (χ1v) is 12.4. The lowest BCUT2D eigenvalue weighted by molar-refractivity contribution is -0.139. The van der Waals surface area contributed by atoms with Gasteiger partial charge in [0.2, 0.25) is 5.91 Å². The van der Waals surface area contributed by atoms with Gasteiger partial charge in [0, 0.05) is 23.6 Å². The van der Waals surface area contributed by atoms with Gasteiger partial charge in [-0.1, -0.05) is 71.2 Å². The summed E-state index contributed by atoms with van der Waals surface area (Å²) < 4.78 is 5.59. The largest absolute Gasteiger partial charge is 0.482 e. The molecule has 0 saturated heterocycles. The Morgan fingerprint density at radius 2 is 1.80 bits per heavy atom. The first-order valence-electron chi connectivity index (χ1n) is 11.3. The maximum Gasteiger partial charge on any atom is 0.341 e. The summed E-state index contributed by atoms with van der Waals surface area (Å²) >= 11 is 18.8. The fourth-order valence-electron chi connectivity index (χ4n) is 4.49. The predicted molar refractivity (Wildman–Crippen MR) is 138 cm³/mol. The molecule has 182 valence electrons. The van der Waals surface area contributed by atoms with Gasteiger partial charge in [-0.25, -0.2) is 4.79 Å². The second-order valence-corrected chi connectivity index (χ2v) is 9.59. The number of carbonyl (C=O) groups is 2. The van der Waals surface area contributed by atoms with Gasteiger partial charge >= 0.3 is 5.97 Å². The molecule has 3 aromatic rings. The van der Waals surface area contributed by atoms with Crippen molar-refractivity contribution in [1.82, 2.24) is 4.90 Å². The number of hydrogen-bond donors (Lipinski definition) is 1. The summed E-state index contributed by atoms with van der Waals surface area (Å²) in [6.45, 7) is 0.0423. The lowest BCUT2D eigenvalue weighted by Crippen LogP contribution is -2.40. The maximum absolute atomic E-state index is 13.5. The van der Waals surface area contributed by atoms with Crippen LogP contribution in [0, 0.1) is 0 Å². The van der Waals surface area contributed by atoms with E-state index in [0.717, 1.165) is 23.1 Å². The highest BCUT2D eigenvalue weighted by molar-refractivity contribution is 6.42. The first kappa shape index (κ1) is 25.4. The highest BCUT2D eigenvalue weighted by atomic mass is 35.5. The van der Waals surface area contributed by atoms with Crippen LogP contribution in [-0.2, 0) is 22.4 Å². The smallest absolute Gasteiger partial charge is 0.341 e. The van der Waals surface area contributed by atoms with Gasteiger partial charge < -0.3 is 14.7 Å². The monoisotopic (exact) mass is 531 g/mol. The molecule has 1 amide bonds. The summed E-state index contributed by atoms with van der Waals surface area (Å²) in [7, 11) is 0. The summed E-state index contributed by atoms with van der Waals surface area (Å²) in [4.78, 5) is 26.5. The molecule has 0 spiro atoms. The summed E-state index contributed by atoms with van der Waals surface area (Å²) in [5.41, 5.74) is 3.69. The first-order chi connectivity index (χ1) is 16.8. The SMILES string of the molecule is O=C(O)COc1ccc(Cl)cc1C1c2ccccc2CCN1C(=O)CCCc1cccc(Cl)c1Cl. The topological polar surface area (TPSA) is 66.8 Å². The Hall–Kier alpha value is -2.73. The van der Waals surface area contributed by atoms with E-state index < -0.39 is 18.6 Å². The van der Waals surface area contributed by atoms with Gasteiger partial charge in [0.15, 0.2) is 6.61 Å². The van der Waals surface area contributed by atoms with Crippen LogP contribution < -0.4 is 4.74 Å². The third kappa shape index (κ3) is 5.92. The molecule has 1 N–H and O–H groups in total. The molecule has 0 radical (unpaired) electrons. The Morgan fingerprint density at radius 3 is 2.60 bits per heavy atom. The van der Waals surface area contributed by atoms with E-state index in [1.807, 2.05) is 41.3 Å². The Bertz CT molecular complexity index is 1250. The Kier molecular flexibility index (Phi) is 8.22. The molecule has 1 atom stereocenters. The second-order valence-electron chi connectivity index (χ2n) is 8.37. The van der Waals surface area contributed by atoms with E-state index in [9.17, 15) is 9.59 Å². The molecule has 0 saturated carbocycles. The number of ether oxygens (including phenoxy) is 1. The summed E-state index contributed by atoms with van der Waals surface area (Å²) in [5, 5.41) is 10.6. The number of aliphatic carboxylic acids is 1. The zero-order chi connectivity index (χ0) is 24.9. The van der Waals surface area contributed by atoms with Crippen molar-refractivity contribution >= 4 is 46.7 Å². The molecule has 5 nitrogen and oxygen atoms in total. The molecule has 35 heavy (non-hydrogen) atoms. The molecule has 4 rings (SSSR count). The Morgan fingerprint density at radius 1 is 1.00 bits per heavy atom. The van der Waals surface area contributed by atoms with Gasteiger partial charge in [-0.3, -0.25) is 4.79 Å². The van der Waals surface area contributed by atoms with E-state index in [2.05, 4.69) is 0 Å². The van der Waals surface area contributed by atoms with Crippen molar-refractivity contribution in [3.8, 4) is 5.75 Å². The number of nitrogens with zero attached hydrogens (tertiary/aromatic N) is 1. The molecule has 0 fully saturated rings. The van der Waals surface area contributed by atoms with Gasteiger partial charge in [0.05, 0.1) is 16.1 Å². The number of benzene rings is 3. The van der Waals surface area contributed by atoms with Crippen molar-refractivity contribution in [3.05, 3.63) is 98.0 Å². The lowest BCUT2D eigenvalue weighted by atomic mass is 9.87. The van der Waals surface area contributed by atoms with E-state index >= 15 is 0 Å². The fraction of sp³-hybridized carbons (Fsp3) is 0.259. The summed E-state index contributed by atoms with van der Waals surface area (Å²) in [6.07, 6.45) is 2.30. The van der Waals surface area contributed by atoms with Crippen LogP contribution in [0.2, 0.25) is 15.1 Å². The van der Waals surface area contributed by atoms with Crippen LogP contribution in [0.15, 0.2) is 60.7 Å². The van der Waals surface area contributed by atoms with Gasteiger partial charge in [0.1, 0.15) is 5.75 Å². The third-order valence-electron chi connectivity index (χ3n) is 6.09. The number of fused-ring (bicyclic) bond motifs is 1. The fourth-order valence-corrected chi connectivity index (χ4v) is 5.08. The normalized spacial score (nSPS) is 14.9. The number of rotatable bonds is 8. The minimum atomic E-state index is -1.08. The average Bonchev–Trinajstić information content (AvgIpc) is 2.85. The van der Waals surface area contributed by atoms with Crippen LogP contribution in [-0.4, -0.2) is 35.0 Å². The molecule has 0 bridgehead atoms. The van der Waals surface area contributed by atoms with E-state index in [1.165, 1.54) is 0 Å². The quantitative estimate of drug-likeness (QED) is 0.355. The molecule has 1 aliphatic heterocycles. The van der Waals surface area contributed by atoms with Gasteiger partial charge in [-0.2, -0.15) is 0 Å². The average molecular weight is 533 g/mol. The zero-order valence-corrected chi connectivity index (χ0v) is 21.1.